The molecule has 132 valence electrons. The number of aromatic nitrogens is 2. The number of nitrogens with zero attached hydrogens (tertiary/aromatic N) is 2. The molecule has 1 aliphatic rings. The van der Waals surface area contributed by atoms with Crippen LogP contribution in [0.25, 0.3) is 11.3 Å². The van der Waals surface area contributed by atoms with E-state index in [2.05, 4.69) is 20.6 Å². The van der Waals surface area contributed by atoms with Crippen LogP contribution in [-0.2, 0) is 4.79 Å². The highest BCUT2D eigenvalue weighted by Gasteiger charge is 2.17. The van der Waals surface area contributed by atoms with E-state index in [1.807, 2.05) is 0 Å². The van der Waals surface area contributed by atoms with E-state index in [-0.39, 0.29) is 11.7 Å². The van der Waals surface area contributed by atoms with E-state index in [0.717, 1.165) is 25.9 Å². The van der Waals surface area contributed by atoms with E-state index in [1.165, 1.54) is 19.5 Å². The number of nitrogens with one attached hydrogen (secondary N) is 2. The minimum atomic E-state index is -0.434. The predicted molar refractivity (Wildman–Crippen MR) is 92.8 cm³/mol. The molecule has 1 saturated heterocycles. The highest BCUT2D eigenvalue weighted by atomic mass is 19.1. The molecule has 0 spiro atoms. The van der Waals surface area contributed by atoms with Gasteiger partial charge in [0.15, 0.2) is 11.6 Å². The molecule has 1 amide bonds. The Balaban J connectivity index is 1.69. The second kappa shape index (κ2) is 8.02. The smallest absolute Gasteiger partial charge is 0.225 e. The molecule has 6 nitrogen and oxygen atoms in total. The first-order valence-corrected chi connectivity index (χ1v) is 8.32. The zero-order valence-corrected chi connectivity index (χ0v) is 14.1. The molecule has 0 bridgehead atoms. The first-order valence-electron chi connectivity index (χ1n) is 8.32. The van der Waals surface area contributed by atoms with Gasteiger partial charge in [-0.05, 0) is 50.0 Å². The van der Waals surface area contributed by atoms with Crippen molar-refractivity contribution in [3.8, 4) is 17.0 Å². The largest absolute Gasteiger partial charge is 0.494 e. The zero-order chi connectivity index (χ0) is 17.6. The van der Waals surface area contributed by atoms with Gasteiger partial charge in [0, 0.05) is 18.1 Å². The molecule has 2 aromatic rings. The molecule has 25 heavy (non-hydrogen) atoms. The molecule has 3 rings (SSSR count). The Morgan fingerprint density at radius 1 is 1.32 bits per heavy atom. The molecule has 0 unspecified atom stereocenters. The van der Waals surface area contributed by atoms with Gasteiger partial charge < -0.3 is 15.4 Å². The van der Waals surface area contributed by atoms with Crippen LogP contribution in [0.4, 0.5) is 10.2 Å². The van der Waals surface area contributed by atoms with Crippen LogP contribution in [0.15, 0.2) is 30.6 Å². The van der Waals surface area contributed by atoms with Crippen molar-refractivity contribution in [2.24, 2.45) is 5.92 Å². The van der Waals surface area contributed by atoms with Crippen molar-refractivity contribution >= 4 is 11.7 Å². The molecule has 1 aliphatic heterocycles. The number of benzene rings is 1. The Hall–Kier alpha value is -2.54. The van der Waals surface area contributed by atoms with Crippen LogP contribution in [-0.4, -0.2) is 36.1 Å². The van der Waals surface area contributed by atoms with Gasteiger partial charge in [-0.1, -0.05) is 0 Å². The van der Waals surface area contributed by atoms with Crippen LogP contribution in [0.1, 0.15) is 19.3 Å². The molecule has 7 heteroatoms. The number of hydrogen-bond acceptors (Lipinski definition) is 5. The molecule has 1 aromatic heterocycles. The molecule has 0 saturated carbocycles. The van der Waals surface area contributed by atoms with Crippen LogP contribution >= 0.6 is 0 Å². The van der Waals surface area contributed by atoms with Crippen LogP contribution in [0.3, 0.4) is 0 Å². The highest BCUT2D eigenvalue weighted by Crippen LogP contribution is 2.26. The number of carbonyl (C=O) groups is 1. The Morgan fingerprint density at radius 2 is 2.12 bits per heavy atom. The first-order chi connectivity index (χ1) is 12.2. The second-order valence-corrected chi connectivity index (χ2v) is 6.08. The highest BCUT2D eigenvalue weighted by molar-refractivity contribution is 5.90. The maximum absolute atomic E-state index is 13.5. The Kier molecular flexibility index (Phi) is 5.55. The SMILES string of the molecule is COc1cc(-c2cc(NC(=O)CC3CCNCC3)ncn2)ccc1F. The van der Waals surface area contributed by atoms with Crippen LogP contribution in [0, 0.1) is 11.7 Å². The van der Waals surface area contributed by atoms with Gasteiger partial charge in [-0.25, -0.2) is 14.4 Å². The number of halogens is 1. The fourth-order valence-corrected chi connectivity index (χ4v) is 2.94. The lowest BCUT2D eigenvalue weighted by Crippen LogP contribution is -2.30. The summed E-state index contributed by atoms with van der Waals surface area (Å²) in [5.41, 5.74) is 1.28. The van der Waals surface area contributed by atoms with Gasteiger partial charge in [-0.3, -0.25) is 4.79 Å². The maximum Gasteiger partial charge on any atom is 0.225 e. The first kappa shape index (κ1) is 17.3. The van der Waals surface area contributed by atoms with Crippen LogP contribution in [0.2, 0.25) is 0 Å². The Bertz CT molecular complexity index is 748. The Morgan fingerprint density at radius 3 is 2.88 bits per heavy atom. The number of carbonyl (C=O) groups excluding carboxylic acids is 1. The van der Waals surface area contributed by atoms with Gasteiger partial charge in [-0.15, -0.1) is 0 Å². The van der Waals surface area contributed by atoms with E-state index < -0.39 is 5.82 Å². The van der Waals surface area contributed by atoms with Crippen LogP contribution in [0.5, 0.6) is 5.75 Å². The zero-order valence-electron chi connectivity index (χ0n) is 14.1. The van der Waals surface area contributed by atoms with E-state index in [4.69, 9.17) is 4.74 Å². The third-order valence-corrected chi connectivity index (χ3v) is 4.31. The molecule has 0 radical (unpaired) electrons. The number of methoxy groups -OCH3 is 1. The third kappa shape index (κ3) is 4.51. The standard InChI is InChI=1S/C18H21FN4O2/c1-25-16-9-13(2-3-14(16)19)15-10-17(22-11-21-15)23-18(24)8-12-4-6-20-7-5-12/h2-3,9-12,20H,4-8H2,1H3,(H,21,22,23,24). The fraction of sp³-hybridized carbons (Fsp3) is 0.389. The van der Waals surface area contributed by atoms with Gasteiger partial charge >= 0.3 is 0 Å². The van der Waals surface area contributed by atoms with E-state index in [9.17, 15) is 9.18 Å². The third-order valence-electron chi connectivity index (χ3n) is 4.31. The van der Waals surface area contributed by atoms with E-state index in [0.29, 0.717) is 29.4 Å². The summed E-state index contributed by atoms with van der Waals surface area (Å²) in [6, 6.07) is 6.18. The van der Waals surface area contributed by atoms with Crippen molar-refractivity contribution in [1.29, 1.82) is 0 Å². The van der Waals surface area contributed by atoms with Gasteiger partial charge in [0.1, 0.15) is 12.1 Å². The minimum absolute atomic E-state index is 0.0479. The summed E-state index contributed by atoms with van der Waals surface area (Å²) in [5, 5.41) is 6.11. The summed E-state index contributed by atoms with van der Waals surface area (Å²) in [5.74, 6) is 0.507. The number of anilines is 1. The lowest BCUT2D eigenvalue weighted by Gasteiger charge is -2.21. The number of amides is 1. The molecule has 0 atom stereocenters. The van der Waals surface area contributed by atoms with Crippen molar-refractivity contribution in [2.75, 3.05) is 25.5 Å². The van der Waals surface area contributed by atoms with Gasteiger partial charge in [0.25, 0.3) is 0 Å². The number of ether oxygens (including phenoxy) is 1. The van der Waals surface area contributed by atoms with E-state index in [1.54, 1.807) is 18.2 Å². The summed E-state index contributed by atoms with van der Waals surface area (Å²) in [4.78, 5) is 20.5. The van der Waals surface area contributed by atoms with Gasteiger partial charge in [0.2, 0.25) is 5.91 Å². The average molecular weight is 344 g/mol. The van der Waals surface area contributed by atoms with Crippen molar-refractivity contribution < 1.29 is 13.9 Å². The molecule has 1 aromatic carbocycles. The normalized spacial score (nSPS) is 15.0. The van der Waals surface area contributed by atoms with Crippen molar-refractivity contribution in [2.45, 2.75) is 19.3 Å². The molecule has 0 aliphatic carbocycles. The summed E-state index contributed by atoms with van der Waals surface area (Å²) in [6.45, 7) is 1.92. The predicted octanol–water partition coefficient (Wildman–Crippen LogP) is 2.62. The monoisotopic (exact) mass is 344 g/mol. The van der Waals surface area contributed by atoms with Crippen LogP contribution < -0.4 is 15.4 Å². The van der Waals surface area contributed by atoms with Gasteiger partial charge in [0.05, 0.1) is 12.8 Å². The molecule has 2 N–H and O–H groups in total. The van der Waals surface area contributed by atoms with E-state index >= 15 is 0 Å². The maximum atomic E-state index is 13.5. The van der Waals surface area contributed by atoms with Crippen molar-refractivity contribution in [3.63, 3.8) is 0 Å². The summed E-state index contributed by atoms with van der Waals surface area (Å²) < 4.78 is 18.5. The number of piperidine rings is 1. The van der Waals surface area contributed by atoms with Gasteiger partial charge in [-0.2, -0.15) is 0 Å². The molecule has 1 fully saturated rings. The topological polar surface area (TPSA) is 76.1 Å². The summed E-state index contributed by atoms with van der Waals surface area (Å²) in [7, 11) is 1.41. The number of rotatable bonds is 5. The molecular weight excluding hydrogens is 323 g/mol. The summed E-state index contributed by atoms with van der Waals surface area (Å²) in [6.07, 6.45) is 3.90. The quantitative estimate of drug-likeness (QED) is 0.872. The molecular formula is C18H21FN4O2. The number of hydrogen-bond donors (Lipinski definition) is 2. The lowest BCUT2D eigenvalue weighted by atomic mass is 9.94. The Labute approximate surface area is 145 Å². The summed E-state index contributed by atoms with van der Waals surface area (Å²) >= 11 is 0. The lowest BCUT2D eigenvalue weighted by molar-refractivity contribution is -0.117. The second-order valence-electron chi connectivity index (χ2n) is 6.08. The molecule has 2 heterocycles. The van der Waals surface area contributed by atoms with Crippen molar-refractivity contribution in [3.05, 3.63) is 36.4 Å². The minimum Gasteiger partial charge on any atom is -0.494 e. The van der Waals surface area contributed by atoms with Crippen molar-refractivity contribution in [1.82, 2.24) is 15.3 Å². The fourth-order valence-electron chi connectivity index (χ4n) is 2.94. The average Bonchev–Trinajstić information content (AvgIpc) is 2.63.